The van der Waals surface area contributed by atoms with Crippen molar-refractivity contribution in [1.82, 2.24) is 14.8 Å². The molecule has 1 N–H and O–H groups in total. The van der Waals surface area contributed by atoms with E-state index in [2.05, 4.69) is 15.5 Å². The van der Waals surface area contributed by atoms with Gasteiger partial charge in [0.15, 0.2) is 11.0 Å². The van der Waals surface area contributed by atoms with Gasteiger partial charge in [0.2, 0.25) is 5.91 Å². The largest absolute Gasteiger partial charge is 0.325 e. The highest BCUT2D eigenvalue weighted by molar-refractivity contribution is 8.00. The van der Waals surface area contributed by atoms with Gasteiger partial charge in [-0.15, -0.1) is 10.2 Å². The Morgan fingerprint density at radius 3 is 2.67 bits per heavy atom. The molecule has 0 spiro atoms. The molecule has 1 aromatic heterocycles. The number of thioether (sulfide) groups is 1. The van der Waals surface area contributed by atoms with Crippen molar-refractivity contribution in [2.75, 3.05) is 5.32 Å². The van der Waals surface area contributed by atoms with Crippen molar-refractivity contribution in [3.63, 3.8) is 0 Å². The molecule has 1 heterocycles. The summed E-state index contributed by atoms with van der Waals surface area (Å²) in [5, 5.41) is 11.5. The first-order valence-electron chi connectivity index (χ1n) is 8.40. The minimum atomic E-state index is -0.526. The average Bonchev–Trinajstić information content (AvgIpc) is 3.08. The molecule has 0 unspecified atom stereocenters. The molecule has 5 nitrogen and oxygen atoms in total. The number of aromatic nitrogens is 3. The summed E-state index contributed by atoms with van der Waals surface area (Å²) in [5.74, 6) is 0.00897. The highest BCUT2D eigenvalue weighted by Gasteiger charge is 2.20. The minimum absolute atomic E-state index is 0.0358. The van der Waals surface area contributed by atoms with Crippen LogP contribution in [0.1, 0.15) is 13.8 Å². The number of halogens is 2. The number of benzene rings is 2. The molecule has 3 rings (SSSR count). The highest BCUT2D eigenvalue weighted by Crippen LogP contribution is 2.27. The smallest absolute Gasteiger partial charge is 0.237 e. The van der Waals surface area contributed by atoms with Gasteiger partial charge in [0.05, 0.1) is 10.3 Å². The minimum Gasteiger partial charge on any atom is -0.325 e. The van der Waals surface area contributed by atoms with Gasteiger partial charge in [-0.05, 0) is 32.0 Å². The van der Waals surface area contributed by atoms with Gasteiger partial charge in [0, 0.05) is 17.8 Å². The summed E-state index contributed by atoms with van der Waals surface area (Å²) in [6.07, 6.45) is 0. The van der Waals surface area contributed by atoms with Crippen molar-refractivity contribution in [2.24, 2.45) is 0 Å². The van der Waals surface area contributed by atoms with Crippen LogP contribution in [-0.4, -0.2) is 25.9 Å². The molecule has 0 aliphatic carbocycles. The highest BCUT2D eigenvalue weighted by atomic mass is 35.5. The number of hydrogen-bond acceptors (Lipinski definition) is 4. The van der Waals surface area contributed by atoms with E-state index in [0.29, 0.717) is 17.4 Å². The van der Waals surface area contributed by atoms with Gasteiger partial charge in [0.25, 0.3) is 0 Å². The maximum Gasteiger partial charge on any atom is 0.237 e. The summed E-state index contributed by atoms with van der Waals surface area (Å²) in [7, 11) is 0. The fourth-order valence-electron chi connectivity index (χ4n) is 2.49. The number of nitrogens with zero attached hydrogens (tertiary/aromatic N) is 3. The number of anilines is 1. The Morgan fingerprint density at radius 1 is 1.26 bits per heavy atom. The molecule has 0 aliphatic heterocycles. The summed E-state index contributed by atoms with van der Waals surface area (Å²) < 4.78 is 15.2. The normalized spacial score (nSPS) is 12.0. The van der Waals surface area contributed by atoms with E-state index in [4.69, 9.17) is 11.6 Å². The second kappa shape index (κ2) is 8.54. The van der Waals surface area contributed by atoms with Crippen molar-refractivity contribution >= 4 is 35.0 Å². The van der Waals surface area contributed by atoms with Crippen LogP contribution in [0, 0.1) is 5.82 Å². The molecule has 3 aromatic rings. The zero-order valence-corrected chi connectivity index (χ0v) is 16.4. The molecule has 0 saturated carbocycles. The Morgan fingerprint density at radius 2 is 2.00 bits per heavy atom. The van der Waals surface area contributed by atoms with Crippen molar-refractivity contribution in [1.29, 1.82) is 0 Å². The van der Waals surface area contributed by atoms with E-state index in [-0.39, 0.29) is 10.9 Å². The topological polar surface area (TPSA) is 59.8 Å². The fraction of sp³-hybridized carbons (Fsp3) is 0.211. The third kappa shape index (κ3) is 4.48. The van der Waals surface area contributed by atoms with E-state index in [1.165, 1.54) is 30.0 Å². The molecule has 0 saturated heterocycles. The van der Waals surface area contributed by atoms with Crippen molar-refractivity contribution in [3.05, 3.63) is 59.4 Å². The monoisotopic (exact) mass is 404 g/mol. The lowest BCUT2D eigenvalue weighted by atomic mass is 10.2. The lowest BCUT2D eigenvalue weighted by molar-refractivity contribution is -0.115. The third-order valence-corrected chi connectivity index (χ3v) is 5.27. The van der Waals surface area contributed by atoms with Crippen LogP contribution in [0.5, 0.6) is 0 Å². The van der Waals surface area contributed by atoms with Crippen LogP contribution in [0.4, 0.5) is 10.1 Å². The van der Waals surface area contributed by atoms with Crippen LogP contribution in [0.15, 0.2) is 53.7 Å². The summed E-state index contributed by atoms with van der Waals surface area (Å²) in [6, 6.07) is 13.8. The van der Waals surface area contributed by atoms with Gasteiger partial charge < -0.3 is 9.88 Å². The third-order valence-electron chi connectivity index (χ3n) is 3.90. The Kier molecular flexibility index (Phi) is 6.13. The first kappa shape index (κ1) is 19.4. The Balaban J connectivity index is 1.73. The summed E-state index contributed by atoms with van der Waals surface area (Å²) >= 11 is 7.07. The molecule has 0 bridgehead atoms. The van der Waals surface area contributed by atoms with E-state index in [1.807, 2.05) is 41.8 Å². The number of nitrogens with one attached hydrogen (secondary N) is 1. The van der Waals surface area contributed by atoms with Crippen molar-refractivity contribution in [2.45, 2.75) is 30.8 Å². The number of amides is 1. The SMILES string of the molecule is CCn1c(S[C@@H](C)C(=O)Nc2ccc(F)c(Cl)c2)nnc1-c1ccccc1. The van der Waals surface area contributed by atoms with E-state index >= 15 is 0 Å². The van der Waals surface area contributed by atoms with Gasteiger partial charge in [-0.1, -0.05) is 53.7 Å². The van der Waals surface area contributed by atoms with Crippen LogP contribution in [-0.2, 0) is 11.3 Å². The van der Waals surface area contributed by atoms with Gasteiger partial charge in [-0.2, -0.15) is 0 Å². The van der Waals surface area contributed by atoms with Crippen LogP contribution >= 0.6 is 23.4 Å². The molecular formula is C19H18ClFN4OS. The second-order valence-corrected chi connectivity index (χ2v) is 7.51. The number of carbonyl (C=O) groups excluding carboxylic acids is 1. The maximum atomic E-state index is 13.2. The lowest BCUT2D eigenvalue weighted by Gasteiger charge is -2.13. The molecule has 1 amide bonds. The number of hydrogen-bond donors (Lipinski definition) is 1. The summed E-state index contributed by atoms with van der Waals surface area (Å²) in [6.45, 7) is 4.47. The van der Waals surface area contributed by atoms with Crippen molar-refractivity contribution in [3.8, 4) is 11.4 Å². The number of carbonyl (C=O) groups is 1. The molecular weight excluding hydrogens is 387 g/mol. The van der Waals surface area contributed by atoms with Gasteiger partial charge in [0.1, 0.15) is 5.82 Å². The lowest BCUT2D eigenvalue weighted by Crippen LogP contribution is -2.23. The van der Waals surface area contributed by atoms with Gasteiger partial charge in [-0.25, -0.2) is 4.39 Å². The van der Waals surface area contributed by atoms with E-state index < -0.39 is 11.1 Å². The van der Waals surface area contributed by atoms with Crippen LogP contribution in [0.25, 0.3) is 11.4 Å². The molecule has 27 heavy (non-hydrogen) atoms. The predicted molar refractivity (Wildman–Crippen MR) is 106 cm³/mol. The molecule has 1 atom stereocenters. The van der Waals surface area contributed by atoms with Gasteiger partial charge in [-0.3, -0.25) is 4.79 Å². The van der Waals surface area contributed by atoms with Crippen LogP contribution < -0.4 is 5.32 Å². The standard InChI is InChI=1S/C19H18ClFN4OS/c1-3-25-17(13-7-5-4-6-8-13)23-24-19(25)27-12(2)18(26)22-14-9-10-16(21)15(20)11-14/h4-12H,3H2,1-2H3,(H,22,26)/t12-/m0/s1. The molecule has 0 radical (unpaired) electrons. The molecule has 2 aromatic carbocycles. The zero-order valence-electron chi connectivity index (χ0n) is 14.8. The average molecular weight is 405 g/mol. The second-order valence-electron chi connectivity index (χ2n) is 5.79. The Bertz CT molecular complexity index is 948. The molecule has 0 aliphatic rings. The maximum absolute atomic E-state index is 13.2. The molecule has 140 valence electrons. The van der Waals surface area contributed by atoms with E-state index in [9.17, 15) is 9.18 Å². The summed E-state index contributed by atoms with van der Waals surface area (Å²) in [4.78, 5) is 12.5. The quantitative estimate of drug-likeness (QED) is 0.595. The Labute approximate surface area is 166 Å². The van der Waals surface area contributed by atoms with Crippen LogP contribution in [0.2, 0.25) is 5.02 Å². The van der Waals surface area contributed by atoms with E-state index in [0.717, 1.165) is 11.4 Å². The first-order chi connectivity index (χ1) is 13.0. The Hall–Kier alpha value is -2.38. The van der Waals surface area contributed by atoms with Crippen LogP contribution in [0.3, 0.4) is 0 Å². The molecule has 0 fully saturated rings. The summed E-state index contributed by atoms with van der Waals surface area (Å²) in [5.41, 5.74) is 1.41. The van der Waals surface area contributed by atoms with Crippen molar-refractivity contribution < 1.29 is 9.18 Å². The number of rotatable bonds is 6. The first-order valence-corrected chi connectivity index (χ1v) is 9.66. The molecule has 8 heteroatoms. The predicted octanol–water partition coefficient (Wildman–Crippen LogP) is 4.88. The fourth-order valence-corrected chi connectivity index (χ4v) is 3.58. The zero-order chi connectivity index (χ0) is 19.4. The van der Waals surface area contributed by atoms with E-state index in [1.54, 1.807) is 6.92 Å². The van der Waals surface area contributed by atoms with Gasteiger partial charge >= 0.3 is 0 Å².